The molecule has 0 spiro atoms. The van der Waals surface area contributed by atoms with Crippen molar-refractivity contribution in [2.45, 2.75) is 18.0 Å². The Hall–Kier alpha value is -1.14. The van der Waals surface area contributed by atoms with Crippen LogP contribution in [-0.2, 0) is 9.59 Å². The summed E-state index contributed by atoms with van der Waals surface area (Å²) in [5, 5.41) is 17.7. The zero-order valence-electron chi connectivity index (χ0n) is 7.38. The minimum atomic E-state index is -1.44. The Bertz CT molecular complexity index is 318. The third kappa shape index (κ3) is 0.921. The van der Waals surface area contributed by atoms with Gasteiger partial charge < -0.3 is 21.7 Å². The second-order valence-corrected chi connectivity index (χ2v) is 4.18. The van der Waals surface area contributed by atoms with Gasteiger partial charge >= 0.3 is 11.9 Å². The van der Waals surface area contributed by atoms with E-state index in [1.807, 2.05) is 0 Å². The molecule has 2 saturated carbocycles. The number of carbonyl (C=O) groups is 2. The number of hydrogen-bond acceptors (Lipinski definition) is 4. The van der Waals surface area contributed by atoms with Crippen LogP contribution in [0, 0.1) is 17.8 Å². The third-order valence-corrected chi connectivity index (χ3v) is 3.42. The molecule has 0 aromatic carbocycles. The Morgan fingerprint density at radius 2 is 1.93 bits per heavy atom. The average Bonchev–Trinajstić information content (AvgIpc) is 2.72. The first-order chi connectivity index (χ1) is 6.39. The lowest BCUT2D eigenvalue weighted by Gasteiger charge is -2.22. The molecule has 2 aliphatic rings. The van der Waals surface area contributed by atoms with Crippen molar-refractivity contribution in [1.82, 2.24) is 0 Å². The molecule has 0 bridgehead atoms. The highest BCUT2D eigenvalue weighted by molar-refractivity contribution is 5.85. The van der Waals surface area contributed by atoms with Crippen LogP contribution < -0.4 is 11.5 Å². The zero-order chi connectivity index (χ0) is 10.7. The van der Waals surface area contributed by atoms with Gasteiger partial charge in [-0.25, -0.2) is 0 Å². The molecule has 2 fully saturated rings. The highest BCUT2D eigenvalue weighted by Gasteiger charge is 2.73. The molecule has 0 aromatic rings. The highest BCUT2D eigenvalue weighted by Crippen LogP contribution is 2.60. The van der Waals surface area contributed by atoms with Gasteiger partial charge in [-0.15, -0.1) is 0 Å². The minimum absolute atomic E-state index is 0.168. The SMILES string of the molecule is N[C@@H]1C[C@@](N)(C(=O)O)[C@@H]2[C@@H](C(=O)O)[C@@H]21. The van der Waals surface area contributed by atoms with Crippen LogP contribution >= 0.6 is 0 Å². The van der Waals surface area contributed by atoms with Gasteiger partial charge in [0.05, 0.1) is 5.92 Å². The molecule has 2 rings (SSSR count). The number of nitrogens with two attached hydrogens (primary N) is 2. The smallest absolute Gasteiger partial charge is 0.324 e. The summed E-state index contributed by atoms with van der Waals surface area (Å²) in [6.45, 7) is 0. The number of carboxylic acid groups (broad SMARTS) is 2. The van der Waals surface area contributed by atoms with E-state index < -0.39 is 35.4 Å². The Morgan fingerprint density at radius 1 is 1.36 bits per heavy atom. The van der Waals surface area contributed by atoms with Crippen molar-refractivity contribution in [3.05, 3.63) is 0 Å². The summed E-state index contributed by atoms with van der Waals surface area (Å²) in [6.07, 6.45) is 0.168. The van der Waals surface area contributed by atoms with Crippen molar-refractivity contribution in [1.29, 1.82) is 0 Å². The average molecular weight is 200 g/mol. The van der Waals surface area contributed by atoms with Gasteiger partial charge in [-0.2, -0.15) is 0 Å². The molecule has 6 heteroatoms. The summed E-state index contributed by atoms with van der Waals surface area (Å²) < 4.78 is 0. The maximum absolute atomic E-state index is 10.9. The monoisotopic (exact) mass is 200 g/mol. The number of carboxylic acids is 2. The molecule has 2 aliphatic carbocycles. The van der Waals surface area contributed by atoms with E-state index in [1.54, 1.807) is 0 Å². The molecule has 0 aromatic heterocycles. The van der Waals surface area contributed by atoms with Crippen LogP contribution in [0.25, 0.3) is 0 Å². The lowest BCUT2D eigenvalue weighted by atomic mass is 9.90. The van der Waals surface area contributed by atoms with Gasteiger partial charge in [0, 0.05) is 12.0 Å². The Balaban J connectivity index is 2.26. The second-order valence-electron chi connectivity index (χ2n) is 4.18. The van der Waals surface area contributed by atoms with E-state index >= 15 is 0 Å². The number of rotatable bonds is 2. The van der Waals surface area contributed by atoms with Crippen molar-refractivity contribution in [2.75, 3.05) is 0 Å². The maximum atomic E-state index is 10.9. The standard InChI is InChI=1S/C8H12N2O4/c9-2-1-8(10,7(13)14)5-3(2)4(5)6(11)12/h2-5H,1,9-10H2,(H,11,12)(H,13,14)/t2-,3+,4+,5+,8+/m1/s1. The molecule has 6 nitrogen and oxygen atoms in total. The molecule has 0 radical (unpaired) electrons. The highest BCUT2D eigenvalue weighted by atomic mass is 16.4. The van der Waals surface area contributed by atoms with E-state index in [4.69, 9.17) is 21.7 Å². The van der Waals surface area contributed by atoms with Gasteiger partial charge in [-0.1, -0.05) is 0 Å². The van der Waals surface area contributed by atoms with Crippen LogP contribution in [0.5, 0.6) is 0 Å². The largest absolute Gasteiger partial charge is 0.481 e. The lowest BCUT2D eigenvalue weighted by Crippen LogP contribution is -2.51. The number of fused-ring (bicyclic) bond motifs is 1. The predicted molar refractivity (Wildman–Crippen MR) is 45.3 cm³/mol. The molecule has 0 amide bonds. The molecule has 6 N–H and O–H groups in total. The van der Waals surface area contributed by atoms with Crippen molar-refractivity contribution >= 4 is 11.9 Å². The van der Waals surface area contributed by atoms with E-state index in [0.717, 1.165) is 0 Å². The molecule has 0 heterocycles. The van der Waals surface area contributed by atoms with E-state index in [-0.39, 0.29) is 12.3 Å². The van der Waals surface area contributed by atoms with Crippen LogP contribution in [0.2, 0.25) is 0 Å². The van der Waals surface area contributed by atoms with Crippen molar-refractivity contribution in [3.8, 4) is 0 Å². The fourth-order valence-electron chi connectivity index (χ4n) is 2.74. The molecule has 14 heavy (non-hydrogen) atoms. The summed E-state index contributed by atoms with van der Waals surface area (Å²) in [5.74, 6) is -3.56. The molecule has 0 unspecified atom stereocenters. The van der Waals surface area contributed by atoms with Crippen molar-refractivity contribution in [2.24, 2.45) is 29.2 Å². The predicted octanol–water partition coefficient (Wildman–Crippen LogP) is -1.55. The van der Waals surface area contributed by atoms with Crippen LogP contribution in [-0.4, -0.2) is 33.7 Å². The second kappa shape index (κ2) is 2.46. The van der Waals surface area contributed by atoms with Gasteiger partial charge in [0.25, 0.3) is 0 Å². The first kappa shape index (κ1) is 9.42. The van der Waals surface area contributed by atoms with E-state index in [2.05, 4.69) is 0 Å². The summed E-state index contributed by atoms with van der Waals surface area (Å²) in [7, 11) is 0. The topological polar surface area (TPSA) is 127 Å². The Labute approximate surface area is 79.9 Å². The van der Waals surface area contributed by atoms with Gasteiger partial charge in [0.15, 0.2) is 0 Å². The van der Waals surface area contributed by atoms with E-state index in [0.29, 0.717) is 0 Å². The van der Waals surface area contributed by atoms with Crippen LogP contribution in [0.1, 0.15) is 6.42 Å². The first-order valence-electron chi connectivity index (χ1n) is 4.40. The Kier molecular flexibility index (Phi) is 1.65. The van der Waals surface area contributed by atoms with Gasteiger partial charge in [-0.05, 0) is 12.3 Å². The van der Waals surface area contributed by atoms with Gasteiger partial charge in [0.2, 0.25) is 0 Å². The van der Waals surface area contributed by atoms with Crippen LogP contribution in [0.3, 0.4) is 0 Å². The summed E-state index contributed by atoms with van der Waals surface area (Å²) in [4.78, 5) is 21.6. The van der Waals surface area contributed by atoms with E-state index in [9.17, 15) is 9.59 Å². The number of hydrogen-bond donors (Lipinski definition) is 4. The minimum Gasteiger partial charge on any atom is -0.481 e. The first-order valence-corrected chi connectivity index (χ1v) is 4.40. The Morgan fingerprint density at radius 3 is 2.29 bits per heavy atom. The molecule has 0 aliphatic heterocycles. The van der Waals surface area contributed by atoms with Gasteiger partial charge in [-0.3, -0.25) is 9.59 Å². The molecule has 78 valence electrons. The number of aliphatic carboxylic acids is 2. The quantitative estimate of drug-likeness (QED) is 0.427. The van der Waals surface area contributed by atoms with Crippen LogP contribution in [0.15, 0.2) is 0 Å². The zero-order valence-corrected chi connectivity index (χ0v) is 7.38. The lowest BCUT2D eigenvalue weighted by molar-refractivity contribution is -0.145. The third-order valence-electron chi connectivity index (χ3n) is 3.42. The van der Waals surface area contributed by atoms with E-state index in [1.165, 1.54) is 0 Å². The normalized spacial score (nSPS) is 49.9. The van der Waals surface area contributed by atoms with Crippen molar-refractivity contribution in [3.63, 3.8) is 0 Å². The molecular formula is C8H12N2O4. The summed E-state index contributed by atoms with van der Waals surface area (Å²) in [6, 6.07) is -0.401. The summed E-state index contributed by atoms with van der Waals surface area (Å²) in [5.41, 5.74) is 9.88. The fourth-order valence-corrected chi connectivity index (χ4v) is 2.74. The molecule has 5 atom stereocenters. The maximum Gasteiger partial charge on any atom is 0.324 e. The van der Waals surface area contributed by atoms with Crippen LogP contribution in [0.4, 0.5) is 0 Å². The summed E-state index contributed by atoms with van der Waals surface area (Å²) >= 11 is 0. The fraction of sp³-hybridized carbons (Fsp3) is 0.750. The van der Waals surface area contributed by atoms with Crippen molar-refractivity contribution < 1.29 is 19.8 Å². The van der Waals surface area contributed by atoms with Gasteiger partial charge in [0.1, 0.15) is 5.54 Å². The molecular weight excluding hydrogens is 188 g/mol. The molecule has 0 saturated heterocycles.